The maximum atomic E-state index is 14.1. The number of carbonyl (C=O) groups excluding carboxylic acids is 3. The zero-order chi connectivity index (χ0) is 28.2. The number of rotatable bonds is 6. The van der Waals surface area contributed by atoms with Crippen LogP contribution in [0.25, 0.3) is 0 Å². The lowest BCUT2D eigenvalue weighted by molar-refractivity contribution is -0.142. The number of benzene rings is 3. The molecule has 0 saturated carbocycles. The lowest BCUT2D eigenvalue weighted by atomic mass is 9.83. The Morgan fingerprint density at radius 2 is 1.22 bits per heavy atom. The molecule has 0 N–H and O–H groups in total. The summed E-state index contributed by atoms with van der Waals surface area (Å²) in [6, 6.07) is 29.9. The number of amides is 3. The summed E-state index contributed by atoms with van der Waals surface area (Å²) in [7, 11) is 0. The van der Waals surface area contributed by atoms with Crippen LogP contribution in [0.1, 0.15) is 49.1 Å². The van der Waals surface area contributed by atoms with Gasteiger partial charge in [0.2, 0.25) is 11.8 Å². The Balaban J connectivity index is 1.23. The van der Waals surface area contributed by atoms with Crippen LogP contribution < -0.4 is 4.90 Å². The molecule has 3 aliphatic rings. The molecule has 3 amide bonds. The Labute approximate surface area is 242 Å². The number of piperidine rings is 2. The van der Waals surface area contributed by atoms with Gasteiger partial charge in [0, 0.05) is 31.9 Å². The third kappa shape index (κ3) is 5.33. The summed E-state index contributed by atoms with van der Waals surface area (Å²) in [6.45, 7) is 3.00. The summed E-state index contributed by atoms with van der Waals surface area (Å²) >= 11 is 0. The number of hydrogen-bond acceptors (Lipinski definition) is 4. The quantitative estimate of drug-likeness (QED) is 0.454. The van der Waals surface area contributed by atoms with Crippen molar-refractivity contribution in [3.8, 4) is 0 Å². The van der Waals surface area contributed by atoms with Gasteiger partial charge < -0.3 is 19.6 Å². The molecule has 1 spiro atoms. The molecule has 212 valence electrons. The topological polar surface area (TPSA) is 64.2 Å². The second-order valence-corrected chi connectivity index (χ2v) is 11.5. The molecule has 0 radical (unpaired) electrons. The summed E-state index contributed by atoms with van der Waals surface area (Å²) < 4.78 is 0. The zero-order valence-electron chi connectivity index (χ0n) is 23.5. The van der Waals surface area contributed by atoms with Crippen LogP contribution >= 0.6 is 0 Å². The molecular weight excluding hydrogens is 512 g/mol. The molecule has 3 saturated heterocycles. The summed E-state index contributed by atoms with van der Waals surface area (Å²) in [5.74, 6) is -0.300. The number of likely N-dealkylation sites (tertiary alicyclic amines) is 2. The standard InChI is InChI=1S/C34H38N4O3/c39-30(35-21-11-4-12-22-35)25-37-26-38(29-17-9-3-10-18-29)34(33(37)41)19-23-36(24-20-34)32(40)31(27-13-5-1-6-14-27)28-15-7-2-8-16-28/h1-3,5-10,13-18,31H,4,11-12,19-26H2. The highest BCUT2D eigenvalue weighted by Crippen LogP contribution is 2.40. The van der Waals surface area contributed by atoms with Crippen LogP contribution in [0.2, 0.25) is 0 Å². The summed E-state index contributed by atoms with van der Waals surface area (Å²) in [6.07, 6.45) is 4.25. The minimum Gasteiger partial charge on any atom is -0.342 e. The molecule has 0 unspecified atom stereocenters. The van der Waals surface area contributed by atoms with Crippen LogP contribution in [0.4, 0.5) is 5.69 Å². The van der Waals surface area contributed by atoms with Gasteiger partial charge in [-0.05, 0) is 55.4 Å². The van der Waals surface area contributed by atoms with E-state index in [2.05, 4.69) is 4.90 Å². The first-order valence-corrected chi connectivity index (χ1v) is 14.9. The van der Waals surface area contributed by atoms with Crippen molar-refractivity contribution in [3.63, 3.8) is 0 Å². The Kier molecular flexibility index (Phi) is 7.77. The second kappa shape index (κ2) is 11.8. The third-order valence-electron chi connectivity index (χ3n) is 9.03. The molecule has 0 aromatic heterocycles. The number of hydrogen-bond donors (Lipinski definition) is 0. The van der Waals surface area contributed by atoms with Crippen LogP contribution in [0.5, 0.6) is 0 Å². The van der Waals surface area contributed by atoms with Crippen molar-refractivity contribution < 1.29 is 14.4 Å². The van der Waals surface area contributed by atoms with Gasteiger partial charge in [-0.25, -0.2) is 0 Å². The van der Waals surface area contributed by atoms with Crippen molar-refractivity contribution in [1.29, 1.82) is 0 Å². The zero-order valence-corrected chi connectivity index (χ0v) is 23.5. The van der Waals surface area contributed by atoms with Gasteiger partial charge in [0.15, 0.2) is 0 Å². The van der Waals surface area contributed by atoms with Crippen LogP contribution in [-0.4, -0.2) is 77.4 Å². The molecule has 7 heteroatoms. The minimum absolute atomic E-state index is 0.00137. The van der Waals surface area contributed by atoms with E-state index in [0.717, 1.165) is 49.2 Å². The molecule has 41 heavy (non-hydrogen) atoms. The lowest BCUT2D eigenvalue weighted by Gasteiger charge is -2.44. The van der Waals surface area contributed by atoms with E-state index < -0.39 is 11.5 Å². The average molecular weight is 551 g/mol. The predicted molar refractivity (Wildman–Crippen MR) is 159 cm³/mol. The lowest BCUT2D eigenvalue weighted by Crippen LogP contribution is -2.58. The SMILES string of the molecule is O=C(CN1CN(c2ccccc2)C2(CCN(C(=O)C(c3ccccc3)c3ccccc3)CC2)C1=O)N1CCCCC1. The molecule has 3 aromatic rings. The van der Waals surface area contributed by atoms with Crippen LogP contribution in [0, 0.1) is 0 Å². The Morgan fingerprint density at radius 3 is 1.78 bits per heavy atom. The van der Waals surface area contributed by atoms with Crippen LogP contribution in [0.3, 0.4) is 0 Å². The fourth-order valence-electron chi connectivity index (χ4n) is 6.78. The molecule has 6 rings (SSSR count). The Hall–Kier alpha value is -4.13. The van der Waals surface area contributed by atoms with Gasteiger partial charge in [-0.3, -0.25) is 14.4 Å². The summed E-state index contributed by atoms with van der Waals surface area (Å²) in [5.41, 5.74) is 2.14. The highest BCUT2D eigenvalue weighted by Gasteiger charge is 2.54. The Morgan fingerprint density at radius 1 is 0.683 bits per heavy atom. The van der Waals surface area contributed by atoms with E-state index in [1.807, 2.05) is 101 Å². The molecule has 7 nitrogen and oxygen atoms in total. The Bertz CT molecular complexity index is 1310. The smallest absolute Gasteiger partial charge is 0.250 e. The van der Waals surface area contributed by atoms with Crippen molar-refractivity contribution in [2.24, 2.45) is 0 Å². The van der Waals surface area contributed by atoms with Crippen molar-refractivity contribution in [1.82, 2.24) is 14.7 Å². The summed E-state index contributed by atoms with van der Waals surface area (Å²) in [4.78, 5) is 49.1. The number of carbonyl (C=O) groups is 3. The number of anilines is 1. The van der Waals surface area contributed by atoms with Gasteiger partial charge in [-0.1, -0.05) is 78.9 Å². The number of nitrogens with zero attached hydrogens (tertiary/aromatic N) is 4. The first-order valence-electron chi connectivity index (χ1n) is 14.9. The maximum Gasteiger partial charge on any atom is 0.250 e. The van der Waals surface area contributed by atoms with Gasteiger partial charge >= 0.3 is 0 Å². The normalized spacial score (nSPS) is 18.8. The molecule has 0 aliphatic carbocycles. The highest BCUT2D eigenvalue weighted by molar-refractivity contribution is 5.96. The molecule has 3 heterocycles. The molecule has 0 atom stereocenters. The molecule has 3 aromatic carbocycles. The third-order valence-corrected chi connectivity index (χ3v) is 9.03. The first kappa shape index (κ1) is 27.1. The van der Waals surface area contributed by atoms with Gasteiger partial charge in [0.05, 0.1) is 12.6 Å². The van der Waals surface area contributed by atoms with E-state index in [4.69, 9.17) is 0 Å². The fraction of sp³-hybridized carbons (Fsp3) is 0.382. The van der Waals surface area contributed by atoms with E-state index in [-0.39, 0.29) is 24.3 Å². The molecular formula is C34H38N4O3. The highest BCUT2D eigenvalue weighted by atomic mass is 16.2. The van der Waals surface area contributed by atoms with Crippen LogP contribution in [0.15, 0.2) is 91.0 Å². The van der Waals surface area contributed by atoms with Gasteiger partial charge in [0.25, 0.3) is 5.91 Å². The van der Waals surface area contributed by atoms with Gasteiger partial charge in [0.1, 0.15) is 12.1 Å². The van der Waals surface area contributed by atoms with Crippen molar-refractivity contribution >= 4 is 23.4 Å². The fourth-order valence-corrected chi connectivity index (χ4v) is 6.78. The largest absolute Gasteiger partial charge is 0.342 e. The summed E-state index contributed by atoms with van der Waals surface area (Å²) in [5, 5.41) is 0. The van der Waals surface area contributed by atoms with E-state index in [1.165, 1.54) is 0 Å². The van der Waals surface area contributed by atoms with Crippen LogP contribution in [-0.2, 0) is 14.4 Å². The molecule has 3 aliphatic heterocycles. The predicted octanol–water partition coefficient (Wildman–Crippen LogP) is 4.50. The van der Waals surface area contributed by atoms with Crippen molar-refractivity contribution in [3.05, 3.63) is 102 Å². The van der Waals surface area contributed by atoms with Gasteiger partial charge in [-0.2, -0.15) is 0 Å². The maximum absolute atomic E-state index is 14.1. The molecule has 0 bridgehead atoms. The molecule has 3 fully saturated rings. The van der Waals surface area contributed by atoms with E-state index >= 15 is 0 Å². The van der Waals surface area contributed by atoms with E-state index in [0.29, 0.717) is 32.6 Å². The van der Waals surface area contributed by atoms with Crippen molar-refractivity contribution in [2.45, 2.75) is 43.6 Å². The van der Waals surface area contributed by atoms with E-state index in [1.54, 1.807) is 4.90 Å². The average Bonchev–Trinajstić information content (AvgIpc) is 3.29. The van der Waals surface area contributed by atoms with E-state index in [9.17, 15) is 14.4 Å². The van der Waals surface area contributed by atoms with Gasteiger partial charge in [-0.15, -0.1) is 0 Å². The monoisotopic (exact) mass is 550 g/mol. The van der Waals surface area contributed by atoms with Crippen molar-refractivity contribution in [2.75, 3.05) is 44.3 Å². The second-order valence-electron chi connectivity index (χ2n) is 11.5. The first-order chi connectivity index (χ1) is 20.1. The number of para-hydroxylation sites is 1. The minimum atomic E-state index is -0.769.